The second kappa shape index (κ2) is 5.22. The topological polar surface area (TPSA) is 55.6 Å². The lowest BCUT2D eigenvalue weighted by molar-refractivity contribution is 0.145. The first-order valence-electron chi connectivity index (χ1n) is 6.19. The molecule has 0 aliphatic carbocycles. The van der Waals surface area contributed by atoms with Gasteiger partial charge in [-0.3, -0.25) is 4.90 Å². The lowest BCUT2D eigenvalue weighted by atomic mass is 10.1. The average Bonchev–Trinajstić information content (AvgIpc) is 3.07. The van der Waals surface area contributed by atoms with E-state index >= 15 is 0 Å². The van der Waals surface area contributed by atoms with Gasteiger partial charge in [0.1, 0.15) is 11.9 Å². The molecule has 1 aromatic carbocycles. The van der Waals surface area contributed by atoms with Crippen LogP contribution in [0, 0.1) is 5.82 Å². The van der Waals surface area contributed by atoms with Crippen LogP contribution in [0.25, 0.3) is 11.1 Å². The van der Waals surface area contributed by atoms with Gasteiger partial charge in [-0.15, -0.1) is 0 Å². The quantitative estimate of drug-likeness (QED) is 0.946. The molecule has 1 fully saturated rings. The summed E-state index contributed by atoms with van der Waals surface area (Å²) in [4.78, 5) is 13.1. The molecule has 0 spiro atoms. The molecule has 0 bridgehead atoms. The lowest BCUT2D eigenvalue weighted by Crippen LogP contribution is -2.27. The number of thiophene rings is 1. The first-order chi connectivity index (χ1) is 9.69. The SMILES string of the molecule is NC[C@H]1CN(c2ccc(-c3ccsc3)c(F)c2)C(=O)O1. The van der Waals surface area contributed by atoms with Crippen LogP contribution in [-0.2, 0) is 4.74 Å². The van der Waals surface area contributed by atoms with E-state index < -0.39 is 6.09 Å². The van der Waals surface area contributed by atoms with Gasteiger partial charge in [-0.05, 0) is 40.6 Å². The lowest BCUT2D eigenvalue weighted by Gasteiger charge is -2.14. The summed E-state index contributed by atoms with van der Waals surface area (Å²) in [5, 5.41) is 3.78. The third kappa shape index (κ3) is 2.28. The van der Waals surface area contributed by atoms with E-state index in [0.29, 0.717) is 17.8 Å². The van der Waals surface area contributed by atoms with Gasteiger partial charge in [0, 0.05) is 12.1 Å². The van der Waals surface area contributed by atoms with Crippen molar-refractivity contribution < 1.29 is 13.9 Å². The van der Waals surface area contributed by atoms with Crippen LogP contribution in [0.5, 0.6) is 0 Å². The first kappa shape index (κ1) is 13.1. The van der Waals surface area contributed by atoms with Crippen LogP contribution in [0.3, 0.4) is 0 Å². The molecule has 1 saturated heterocycles. The van der Waals surface area contributed by atoms with Crippen molar-refractivity contribution in [3.63, 3.8) is 0 Å². The van der Waals surface area contributed by atoms with E-state index in [0.717, 1.165) is 5.56 Å². The summed E-state index contributed by atoms with van der Waals surface area (Å²) >= 11 is 1.51. The zero-order valence-corrected chi connectivity index (χ0v) is 11.4. The number of amides is 1. The molecule has 1 aromatic heterocycles. The van der Waals surface area contributed by atoms with Crippen molar-refractivity contribution in [3.05, 3.63) is 40.8 Å². The standard InChI is InChI=1S/C14H13FN2O2S/c15-13-5-10(17-7-11(6-16)19-14(17)18)1-2-12(13)9-3-4-20-8-9/h1-5,8,11H,6-7,16H2/t11-/m0/s1. The maximum atomic E-state index is 14.2. The van der Waals surface area contributed by atoms with E-state index in [9.17, 15) is 9.18 Å². The van der Waals surface area contributed by atoms with Crippen molar-refractivity contribution in [2.75, 3.05) is 18.0 Å². The van der Waals surface area contributed by atoms with Crippen LogP contribution in [0.2, 0.25) is 0 Å². The van der Waals surface area contributed by atoms with Gasteiger partial charge < -0.3 is 10.5 Å². The molecule has 2 aromatic rings. The molecule has 1 aliphatic rings. The van der Waals surface area contributed by atoms with E-state index in [1.54, 1.807) is 12.1 Å². The number of benzene rings is 1. The van der Waals surface area contributed by atoms with Crippen LogP contribution in [0.15, 0.2) is 35.0 Å². The summed E-state index contributed by atoms with van der Waals surface area (Å²) in [5.74, 6) is -0.357. The number of carbonyl (C=O) groups excluding carboxylic acids is 1. The minimum atomic E-state index is -0.483. The molecule has 2 heterocycles. The zero-order valence-electron chi connectivity index (χ0n) is 10.6. The minimum absolute atomic E-state index is 0.262. The second-order valence-electron chi connectivity index (χ2n) is 4.53. The predicted molar refractivity (Wildman–Crippen MR) is 76.4 cm³/mol. The highest BCUT2D eigenvalue weighted by Gasteiger charge is 2.31. The molecule has 1 aliphatic heterocycles. The molecular weight excluding hydrogens is 279 g/mol. The van der Waals surface area contributed by atoms with E-state index in [2.05, 4.69) is 0 Å². The number of hydrogen-bond donors (Lipinski definition) is 1. The third-order valence-corrected chi connectivity index (χ3v) is 3.92. The largest absolute Gasteiger partial charge is 0.443 e. The Bertz CT molecular complexity index is 630. The van der Waals surface area contributed by atoms with Gasteiger partial charge in [0.05, 0.1) is 12.2 Å². The highest BCUT2D eigenvalue weighted by molar-refractivity contribution is 7.08. The van der Waals surface area contributed by atoms with Crippen molar-refractivity contribution in [2.45, 2.75) is 6.10 Å². The molecule has 2 N–H and O–H groups in total. The number of anilines is 1. The summed E-state index contributed by atoms with van der Waals surface area (Å²) in [6, 6.07) is 6.61. The molecule has 0 unspecified atom stereocenters. The van der Waals surface area contributed by atoms with Crippen molar-refractivity contribution in [1.29, 1.82) is 0 Å². The molecule has 4 nitrogen and oxygen atoms in total. The Balaban J connectivity index is 1.89. The number of rotatable bonds is 3. The zero-order chi connectivity index (χ0) is 14.1. The van der Waals surface area contributed by atoms with Crippen LogP contribution in [-0.4, -0.2) is 25.3 Å². The van der Waals surface area contributed by atoms with Crippen LogP contribution in [0.4, 0.5) is 14.9 Å². The number of cyclic esters (lactones) is 1. The van der Waals surface area contributed by atoms with E-state index in [4.69, 9.17) is 10.5 Å². The number of nitrogens with two attached hydrogens (primary N) is 1. The highest BCUT2D eigenvalue weighted by atomic mass is 32.1. The van der Waals surface area contributed by atoms with Crippen molar-refractivity contribution in [1.82, 2.24) is 0 Å². The molecule has 0 radical (unpaired) electrons. The summed E-state index contributed by atoms with van der Waals surface area (Å²) < 4.78 is 19.2. The monoisotopic (exact) mass is 292 g/mol. The predicted octanol–water partition coefficient (Wildman–Crippen LogP) is 2.84. The number of hydrogen-bond acceptors (Lipinski definition) is 4. The van der Waals surface area contributed by atoms with Crippen molar-refractivity contribution in [2.24, 2.45) is 5.73 Å². The van der Waals surface area contributed by atoms with Gasteiger partial charge >= 0.3 is 6.09 Å². The number of nitrogens with zero attached hydrogens (tertiary/aromatic N) is 1. The van der Waals surface area contributed by atoms with Crippen molar-refractivity contribution >= 4 is 23.1 Å². The molecule has 6 heteroatoms. The van der Waals surface area contributed by atoms with Gasteiger partial charge in [0.2, 0.25) is 0 Å². The Labute approximate surface area is 119 Å². The molecule has 1 atom stereocenters. The van der Waals surface area contributed by atoms with Crippen LogP contribution < -0.4 is 10.6 Å². The summed E-state index contributed by atoms with van der Waals surface area (Å²) in [5.41, 5.74) is 7.33. The molecule has 1 amide bonds. The molecular formula is C14H13FN2O2S. The van der Waals surface area contributed by atoms with Gasteiger partial charge in [-0.25, -0.2) is 9.18 Å². The number of halogens is 1. The Morgan fingerprint density at radius 2 is 2.30 bits per heavy atom. The Morgan fingerprint density at radius 1 is 1.45 bits per heavy atom. The molecule has 104 valence electrons. The number of ether oxygens (including phenoxy) is 1. The molecule has 3 rings (SSSR count). The Kier molecular flexibility index (Phi) is 3.42. The first-order valence-corrected chi connectivity index (χ1v) is 7.13. The Morgan fingerprint density at radius 3 is 2.90 bits per heavy atom. The molecule has 0 saturated carbocycles. The van der Waals surface area contributed by atoms with Crippen molar-refractivity contribution in [3.8, 4) is 11.1 Å². The molecule has 20 heavy (non-hydrogen) atoms. The van der Waals surface area contributed by atoms with E-state index in [1.165, 1.54) is 22.3 Å². The maximum absolute atomic E-state index is 14.2. The van der Waals surface area contributed by atoms with E-state index in [-0.39, 0.29) is 18.5 Å². The van der Waals surface area contributed by atoms with Crippen LogP contribution in [0.1, 0.15) is 0 Å². The normalized spacial score (nSPS) is 18.4. The minimum Gasteiger partial charge on any atom is -0.443 e. The van der Waals surface area contributed by atoms with E-state index in [1.807, 2.05) is 16.8 Å². The number of carbonyl (C=O) groups is 1. The van der Waals surface area contributed by atoms with Gasteiger partial charge in [-0.2, -0.15) is 11.3 Å². The maximum Gasteiger partial charge on any atom is 0.414 e. The fraction of sp³-hybridized carbons (Fsp3) is 0.214. The third-order valence-electron chi connectivity index (χ3n) is 3.23. The fourth-order valence-electron chi connectivity index (χ4n) is 2.18. The fourth-order valence-corrected chi connectivity index (χ4v) is 2.83. The summed E-state index contributed by atoms with van der Waals surface area (Å²) in [6.07, 6.45) is -0.815. The van der Waals surface area contributed by atoms with Crippen LogP contribution >= 0.6 is 11.3 Å². The summed E-state index contributed by atoms with van der Waals surface area (Å²) in [7, 11) is 0. The summed E-state index contributed by atoms with van der Waals surface area (Å²) in [6.45, 7) is 0.615. The average molecular weight is 292 g/mol. The Hall–Kier alpha value is -1.92. The van der Waals surface area contributed by atoms with Gasteiger partial charge in [0.25, 0.3) is 0 Å². The second-order valence-corrected chi connectivity index (χ2v) is 5.31. The smallest absolute Gasteiger partial charge is 0.414 e. The van der Waals surface area contributed by atoms with Gasteiger partial charge in [0.15, 0.2) is 0 Å². The van der Waals surface area contributed by atoms with Gasteiger partial charge in [-0.1, -0.05) is 0 Å². The highest BCUT2D eigenvalue weighted by Crippen LogP contribution is 2.29.